The van der Waals surface area contributed by atoms with Crippen molar-refractivity contribution in [3.63, 3.8) is 0 Å². The third kappa shape index (κ3) is 3.03. The summed E-state index contributed by atoms with van der Waals surface area (Å²) in [6.45, 7) is 4.58. The number of amides is 1. The number of carbonyl (C=O) groups is 2. The summed E-state index contributed by atoms with van der Waals surface area (Å²) >= 11 is 5.84. The van der Waals surface area contributed by atoms with E-state index in [1.165, 1.54) is 13.0 Å². The lowest BCUT2D eigenvalue weighted by molar-refractivity contribution is 0.0974. The number of hydrogen-bond donors (Lipinski definition) is 2. The predicted octanol–water partition coefficient (Wildman–Crippen LogP) is 2.38. The van der Waals surface area contributed by atoms with E-state index in [2.05, 4.69) is 15.3 Å². The zero-order valence-corrected chi connectivity index (χ0v) is 12.4. The van der Waals surface area contributed by atoms with Crippen LogP contribution in [-0.2, 0) is 0 Å². The monoisotopic (exact) mass is 308 g/mol. The van der Waals surface area contributed by atoms with Gasteiger partial charge in [-0.2, -0.15) is 0 Å². The van der Waals surface area contributed by atoms with Gasteiger partial charge in [0.05, 0.1) is 5.56 Å². The van der Waals surface area contributed by atoms with Gasteiger partial charge in [0.1, 0.15) is 28.1 Å². The van der Waals surface area contributed by atoms with Gasteiger partial charge >= 0.3 is 0 Å². The summed E-state index contributed by atoms with van der Waals surface area (Å²) in [6.07, 6.45) is 0. The van der Waals surface area contributed by atoms with Crippen molar-refractivity contribution in [1.82, 2.24) is 9.97 Å². The molecule has 0 aromatic carbocycles. The van der Waals surface area contributed by atoms with E-state index < -0.39 is 5.91 Å². The summed E-state index contributed by atoms with van der Waals surface area (Å²) in [7, 11) is 0. The number of ketones is 1. The molecule has 0 fully saturated rings. The Morgan fingerprint density at radius 2 is 1.95 bits per heavy atom. The zero-order valence-electron chi connectivity index (χ0n) is 11.7. The van der Waals surface area contributed by atoms with Gasteiger partial charge in [-0.1, -0.05) is 11.6 Å². The van der Waals surface area contributed by atoms with E-state index in [-0.39, 0.29) is 27.9 Å². The molecule has 3 N–H and O–H groups in total. The van der Waals surface area contributed by atoms with Gasteiger partial charge in [0, 0.05) is 6.07 Å². The molecule has 2 aromatic heterocycles. The fraction of sp³-hybridized carbons (Fsp3) is 0.231. The van der Waals surface area contributed by atoms with Crippen LogP contribution >= 0.6 is 11.6 Å². The minimum Gasteiger partial charge on any atom is -0.444 e. The van der Waals surface area contributed by atoms with Crippen LogP contribution in [0.15, 0.2) is 10.5 Å². The minimum absolute atomic E-state index is 0.00705. The molecule has 0 atom stereocenters. The standard InChI is InChI=1S/C13H13ClN4O3/c1-5(19)10-6(2)21-13(11(10)12(15)20)18-9-4-8(14)16-7(3)17-9/h4H,1-3H3,(H2,15,20)(H,16,17,18). The fourth-order valence-corrected chi connectivity index (χ4v) is 2.23. The van der Waals surface area contributed by atoms with Gasteiger partial charge in [-0.15, -0.1) is 0 Å². The summed E-state index contributed by atoms with van der Waals surface area (Å²) in [5, 5.41) is 3.03. The van der Waals surface area contributed by atoms with Crippen LogP contribution in [0, 0.1) is 13.8 Å². The molecule has 2 aromatic rings. The van der Waals surface area contributed by atoms with Crippen LogP contribution in [0.3, 0.4) is 0 Å². The number of carbonyl (C=O) groups excluding carboxylic acids is 2. The average molecular weight is 309 g/mol. The lowest BCUT2D eigenvalue weighted by Gasteiger charge is -2.05. The summed E-state index contributed by atoms with van der Waals surface area (Å²) in [4.78, 5) is 31.3. The number of nitrogens with two attached hydrogens (primary N) is 1. The van der Waals surface area contributed by atoms with Gasteiger partial charge in [0.15, 0.2) is 5.78 Å². The number of aromatic nitrogens is 2. The van der Waals surface area contributed by atoms with Crippen LogP contribution in [-0.4, -0.2) is 21.7 Å². The van der Waals surface area contributed by atoms with Crippen LogP contribution in [0.2, 0.25) is 5.15 Å². The number of rotatable bonds is 4. The van der Waals surface area contributed by atoms with Gasteiger partial charge < -0.3 is 15.5 Å². The molecule has 2 rings (SSSR count). The number of anilines is 2. The highest BCUT2D eigenvalue weighted by atomic mass is 35.5. The zero-order chi connectivity index (χ0) is 15.7. The highest BCUT2D eigenvalue weighted by Crippen LogP contribution is 2.29. The van der Waals surface area contributed by atoms with Crippen molar-refractivity contribution in [2.24, 2.45) is 5.73 Å². The number of nitrogens with one attached hydrogen (secondary N) is 1. The Balaban J connectivity index is 2.52. The molecular weight excluding hydrogens is 296 g/mol. The largest absolute Gasteiger partial charge is 0.444 e. The van der Waals surface area contributed by atoms with E-state index in [1.807, 2.05) is 0 Å². The number of nitrogens with zero attached hydrogens (tertiary/aromatic N) is 2. The number of aryl methyl sites for hydroxylation is 2. The Morgan fingerprint density at radius 1 is 1.29 bits per heavy atom. The highest BCUT2D eigenvalue weighted by molar-refractivity contribution is 6.29. The maximum atomic E-state index is 11.6. The smallest absolute Gasteiger partial charge is 0.255 e. The molecule has 21 heavy (non-hydrogen) atoms. The molecule has 0 unspecified atom stereocenters. The number of furan rings is 1. The van der Waals surface area contributed by atoms with Crippen LogP contribution in [0.25, 0.3) is 0 Å². The van der Waals surface area contributed by atoms with Gasteiger partial charge in [0.25, 0.3) is 5.91 Å². The molecule has 0 aliphatic carbocycles. The Bertz CT molecular complexity index is 719. The summed E-state index contributed by atoms with van der Waals surface area (Å²) < 4.78 is 5.42. The van der Waals surface area contributed by atoms with Crippen molar-refractivity contribution in [2.45, 2.75) is 20.8 Å². The molecule has 0 bridgehead atoms. The maximum Gasteiger partial charge on any atom is 0.255 e. The first kappa shape index (κ1) is 15.0. The van der Waals surface area contributed by atoms with Crippen molar-refractivity contribution < 1.29 is 14.0 Å². The summed E-state index contributed by atoms with van der Waals surface area (Å²) in [5.41, 5.74) is 5.48. The van der Waals surface area contributed by atoms with E-state index in [0.29, 0.717) is 17.4 Å². The lowest BCUT2D eigenvalue weighted by Crippen LogP contribution is -2.16. The second-order valence-electron chi connectivity index (χ2n) is 4.41. The van der Waals surface area contributed by atoms with Crippen LogP contribution < -0.4 is 11.1 Å². The molecule has 7 nitrogen and oxygen atoms in total. The van der Waals surface area contributed by atoms with Crippen LogP contribution in [0.1, 0.15) is 39.2 Å². The molecule has 0 spiro atoms. The molecule has 110 valence electrons. The van der Waals surface area contributed by atoms with Crippen molar-refractivity contribution in [1.29, 1.82) is 0 Å². The molecule has 1 amide bonds. The van der Waals surface area contributed by atoms with Gasteiger partial charge in [-0.05, 0) is 20.8 Å². The predicted molar refractivity (Wildman–Crippen MR) is 77.0 cm³/mol. The number of hydrogen-bond acceptors (Lipinski definition) is 6. The molecule has 2 heterocycles. The first-order valence-electron chi connectivity index (χ1n) is 6.02. The first-order chi connectivity index (χ1) is 9.79. The number of Topliss-reactive ketones (excluding diaryl/α,β-unsaturated/α-hetero) is 1. The Morgan fingerprint density at radius 3 is 2.48 bits per heavy atom. The highest BCUT2D eigenvalue weighted by Gasteiger charge is 2.25. The van der Waals surface area contributed by atoms with Gasteiger partial charge in [-0.25, -0.2) is 9.97 Å². The lowest BCUT2D eigenvalue weighted by atomic mass is 10.1. The molecule has 0 aliphatic heterocycles. The third-order valence-electron chi connectivity index (χ3n) is 2.73. The molecule has 0 saturated carbocycles. The summed E-state index contributed by atoms with van der Waals surface area (Å²) in [5.74, 6) is 0.0565. The van der Waals surface area contributed by atoms with Gasteiger partial charge in [0.2, 0.25) is 5.88 Å². The SMILES string of the molecule is CC(=O)c1c(C)oc(Nc2cc(Cl)nc(C)n2)c1C(N)=O. The van der Waals surface area contributed by atoms with Crippen molar-refractivity contribution >= 4 is 35.0 Å². The fourth-order valence-electron chi connectivity index (χ4n) is 2.00. The van der Waals surface area contributed by atoms with Crippen molar-refractivity contribution in [3.05, 3.63) is 33.9 Å². The second kappa shape index (κ2) is 5.53. The van der Waals surface area contributed by atoms with Crippen molar-refractivity contribution in [2.75, 3.05) is 5.32 Å². The van der Waals surface area contributed by atoms with E-state index in [4.69, 9.17) is 21.8 Å². The Hall–Kier alpha value is -2.41. The second-order valence-corrected chi connectivity index (χ2v) is 4.79. The molecule has 0 aliphatic rings. The number of halogens is 1. The Kier molecular flexibility index (Phi) is 3.95. The molecule has 0 radical (unpaired) electrons. The topological polar surface area (TPSA) is 111 Å². The summed E-state index contributed by atoms with van der Waals surface area (Å²) in [6, 6.07) is 1.46. The Labute approximate surface area is 125 Å². The number of primary amides is 1. The molecule has 8 heteroatoms. The molecular formula is C13H13ClN4O3. The van der Waals surface area contributed by atoms with Crippen LogP contribution in [0.4, 0.5) is 11.7 Å². The average Bonchev–Trinajstić information content (AvgIpc) is 2.64. The van der Waals surface area contributed by atoms with E-state index in [1.54, 1.807) is 13.8 Å². The normalized spacial score (nSPS) is 10.5. The first-order valence-corrected chi connectivity index (χ1v) is 6.39. The minimum atomic E-state index is -0.767. The molecule has 0 saturated heterocycles. The van der Waals surface area contributed by atoms with Crippen LogP contribution in [0.5, 0.6) is 0 Å². The van der Waals surface area contributed by atoms with E-state index in [0.717, 1.165) is 0 Å². The van der Waals surface area contributed by atoms with Crippen molar-refractivity contribution in [3.8, 4) is 0 Å². The van der Waals surface area contributed by atoms with E-state index in [9.17, 15) is 9.59 Å². The quantitative estimate of drug-likeness (QED) is 0.662. The van der Waals surface area contributed by atoms with E-state index >= 15 is 0 Å². The third-order valence-corrected chi connectivity index (χ3v) is 2.92. The van der Waals surface area contributed by atoms with Gasteiger partial charge in [-0.3, -0.25) is 9.59 Å². The maximum absolute atomic E-state index is 11.6.